The first-order valence-corrected chi connectivity index (χ1v) is 2.36. The molecule has 0 amide bonds. The topological polar surface area (TPSA) is 95.4 Å². The van der Waals surface area contributed by atoms with Crippen molar-refractivity contribution in [1.82, 2.24) is 0 Å². The van der Waals surface area contributed by atoms with Gasteiger partial charge in [0.05, 0.1) is 12.8 Å². The Bertz CT molecular complexity index is 109. The van der Waals surface area contributed by atoms with Crippen LogP contribution in [0.5, 0.6) is 0 Å². The first-order valence-electron chi connectivity index (χ1n) is 2.36. The van der Waals surface area contributed by atoms with Crippen LogP contribution in [0.25, 0.3) is 0 Å². The van der Waals surface area contributed by atoms with Crippen LogP contribution in [-0.4, -0.2) is 11.9 Å². The zero-order valence-electron chi connectivity index (χ0n) is 4.79. The van der Waals surface area contributed by atoms with Crippen LogP contribution in [0.15, 0.2) is 0 Å². The molecule has 1 saturated heterocycles. The molecule has 1 aliphatic heterocycles. The van der Waals surface area contributed by atoms with Crippen molar-refractivity contribution in [2.45, 2.75) is 12.8 Å². The van der Waals surface area contributed by atoms with E-state index in [0.717, 1.165) is 0 Å². The Balaban J connectivity index is 0.000000291. The van der Waals surface area contributed by atoms with Crippen LogP contribution in [0, 0.1) is 0 Å². The van der Waals surface area contributed by atoms with Gasteiger partial charge in [0.15, 0.2) is 0 Å². The van der Waals surface area contributed by atoms with E-state index in [4.69, 9.17) is 0 Å². The van der Waals surface area contributed by atoms with Gasteiger partial charge >= 0.3 is 11.9 Å². The molecule has 0 saturated carbocycles. The lowest BCUT2D eigenvalue weighted by Crippen LogP contribution is -2.02. The highest BCUT2D eigenvalue weighted by atomic mass is 16.6. The monoisotopic (exact) mass is 132 g/mol. The second-order valence-corrected chi connectivity index (χ2v) is 1.35. The van der Waals surface area contributed by atoms with E-state index in [1.807, 2.05) is 0 Å². The summed E-state index contributed by atoms with van der Waals surface area (Å²) in [7, 11) is 0. The van der Waals surface area contributed by atoms with Crippen LogP contribution in [0.1, 0.15) is 12.8 Å². The molecule has 0 aromatic carbocycles. The average Bonchev–Trinajstić information content (AvgIpc) is 2.20. The maximum absolute atomic E-state index is 10.0. The first-order chi connectivity index (χ1) is 4.29. The summed E-state index contributed by atoms with van der Waals surface area (Å²) < 4.78 is 4.08. The van der Waals surface area contributed by atoms with Crippen molar-refractivity contribution >= 4 is 11.9 Å². The molecule has 52 valence electrons. The second-order valence-electron chi connectivity index (χ2n) is 1.35. The van der Waals surface area contributed by atoms with Gasteiger partial charge in [-0.15, -0.1) is 0 Å². The molecule has 5 heteroatoms. The Morgan fingerprint density at radius 2 is 1.44 bits per heavy atom. The molecule has 1 rings (SSSR count). The molecule has 0 aromatic rings. The van der Waals surface area contributed by atoms with E-state index in [2.05, 4.69) is 16.4 Å². The highest BCUT2D eigenvalue weighted by Crippen LogP contribution is 2.03. The zero-order chi connectivity index (χ0) is 7.28. The van der Waals surface area contributed by atoms with Gasteiger partial charge in [-0.2, -0.15) is 0 Å². The number of ether oxygens (including phenoxy) is 1. The SMILES string of the molecule is NN.O=C1CCC(=O)O1. The van der Waals surface area contributed by atoms with E-state index in [9.17, 15) is 9.59 Å². The van der Waals surface area contributed by atoms with Gasteiger partial charge in [0.25, 0.3) is 0 Å². The Morgan fingerprint density at radius 1 is 1.11 bits per heavy atom. The summed E-state index contributed by atoms with van der Waals surface area (Å²) >= 11 is 0. The van der Waals surface area contributed by atoms with E-state index >= 15 is 0 Å². The Morgan fingerprint density at radius 3 is 1.56 bits per heavy atom. The molecule has 4 N–H and O–H groups in total. The summed E-state index contributed by atoms with van der Waals surface area (Å²) in [6.07, 6.45) is 0.525. The van der Waals surface area contributed by atoms with Crippen molar-refractivity contribution in [2.75, 3.05) is 0 Å². The standard InChI is InChI=1S/C4H4O3.H4N2/c5-3-1-2-4(6)7-3;1-2/h1-2H2;1-2H2. The second kappa shape index (κ2) is 3.99. The molecular weight excluding hydrogens is 124 g/mol. The summed E-state index contributed by atoms with van der Waals surface area (Å²) in [6.45, 7) is 0. The minimum atomic E-state index is -0.398. The smallest absolute Gasteiger partial charge is 0.314 e. The van der Waals surface area contributed by atoms with Crippen molar-refractivity contribution in [3.05, 3.63) is 0 Å². The third-order valence-electron chi connectivity index (χ3n) is 0.761. The molecule has 0 radical (unpaired) electrons. The van der Waals surface area contributed by atoms with Gasteiger partial charge in [0.2, 0.25) is 0 Å². The number of carbonyl (C=O) groups is 2. The number of nitrogens with two attached hydrogens (primary N) is 2. The van der Waals surface area contributed by atoms with Gasteiger partial charge in [0.1, 0.15) is 0 Å². The Kier molecular flexibility index (Phi) is 3.57. The number of hydrazine groups is 1. The fourth-order valence-electron chi connectivity index (χ4n) is 0.433. The number of hydrogen-bond acceptors (Lipinski definition) is 5. The van der Waals surface area contributed by atoms with Gasteiger partial charge < -0.3 is 4.74 Å². The van der Waals surface area contributed by atoms with Crippen molar-refractivity contribution in [1.29, 1.82) is 0 Å². The lowest BCUT2D eigenvalue weighted by molar-refractivity contribution is -0.151. The third kappa shape index (κ3) is 2.78. The number of cyclic esters (lactones) is 2. The van der Waals surface area contributed by atoms with Gasteiger partial charge in [0, 0.05) is 0 Å². The minimum absolute atomic E-state index is 0.263. The molecule has 0 atom stereocenters. The molecule has 1 heterocycles. The summed E-state index contributed by atoms with van der Waals surface area (Å²) in [4.78, 5) is 20.0. The fraction of sp³-hybridized carbons (Fsp3) is 0.500. The molecule has 9 heavy (non-hydrogen) atoms. The molecule has 1 aliphatic rings. The minimum Gasteiger partial charge on any atom is -0.393 e. The molecule has 0 aromatic heterocycles. The molecule has 1 fully saturated rings. The summed E-state index contributed by atoms with van der Waals surface area (Å²) in [5.74, 6) is 7.20. The van der Waals surface area contributed by atoms with Gasteiger partial charge in [-0.05, 0) is 0 Å². The quantitative estimate of drug-likeness (QED) is 0.184. The van der Waals surface area contributed by atoms with Crippen molar-refractivity contribution in [2.24, 2.45) is 11.7 Å². The summed E-state index contributed by atoms with van der Waals surface area (Å²) in [5.41, 5.74) is 0. The number of rotatable bonds is 0. The molecular formula is C4H8N2O3. The molecule has 0 unspecified atom stereocenters. The molecule has 5 nitrogen and oxygen atoms in total. The van der Waals surface area contributed by atoms with E-state index in [1.54, 1.807) is 0 Å². The molecule has 0 aliphatic carbocycles. The Hall–Kier alpha value is -0.940. The van der Waals surface area contributed by atoms with Crippen LogP contribution in [-0.2, 0) is 14.3 Å². The number of hydrogen-bond donors (Lipinski definition) is 2. The Labute approximate surface area is 51.9 Å². The van der Waals surface area contributed by atoms with Crippen LogP contribution in [0.4, 0.5) is 0 Å². The number of carbonyl (C=O) groups excluding carboxylic acids is 2. The highest BCUT2D eigenvalue weighted by molar-refractivity contribution is 5.92. The largest absolute Gasteiger partial charge is 0.393 e. The number of esters is 2. The summed E-state index contributed by atoms with van der Waals surface area (Å²) in [6, 6.07) is 0. The van der Waals surface area contributed by atoms with Crippen molar-refractivity contribution in [3.8, 4) is 0 Å². The zero-order valence-corrected chi connectivity index (χ0v) is 4.79. The lowest BCUT2D eigenvalue weighted by atomic mass is 10.4. The maximum Gasteiger partial charge on any atom is 0.314 e. The fourth-order valence-corrected chi connectivity index (χ4v) is 0.433. The first kappa shape index (κ1) is 8.06. The van der Waals surface area contributed by atoms with Crippen molar-refractivity contribution < 1.29 is 14.3 Å². The predicted molar refractivity (Wildman–Crippen MR) is 28.7 cm³/mol. The van der Waals surface area contributed by atoms with Crippen LogP contribution >= 0.6 is 0 Å². The van der Waals surface area contributed by atoms with E-state index < -0.39 is 11.9 Å². The normalized spacial score (nSPS) is 16.2. The van der Waals surface area contributed by atoms with Crippen LogP contribution < -0.4 is 11.7 Å². The van der Waals surface area contributed by atoms with Gasteiger partial charge in [-0.25, -0.2) is 0 Å². The highest BCUT2D eigenvalue weighted by Gasteiger charge is 2.19. The van der Waals surface area contributed by atoms with Gasteiger partial charge in [-0.1, -0.05) is 0 Å². The predicted octanol–water partition coefficient (Wildman–Crippen LogP) is -1.33. The average molecular weight is 132 g/mol. The van der Waals surface area contributed by atoms with E-state index in [0.29, 0.717) is 0 Å². The lowest BCUT2D eigenvalue weighted by Gasteiger charge is -1.79. The molecule has 0 bridgehead atoms. The van der Waals surface area contributed by atoms with E-state index in [1.165, 1.54) is 0 Å². The molecule has 0 spiro atoms. The summed E-state index contributed by atoms with van der Waals surface area (Å²) in [5, 5.41) is 0. The van der Waals surface area contributed by atoms with Gasteiger partial charge in [-0.3, -0.25) is 21.3 Å². The van der Waals surface area contributed by atoms with Crippen LogP contribution in [0.3, 0.4) is 0 Å². The van der Waals surface area contributed by atoms with E-state index in [-0.39, 0.29) is 12.8 Å². The maximum atomic E-state index is 10.0. The van der Waals surface area contributed by atoms with Crippen LogP contribution in [0.2, 0.25) is 0 Å². The third-order valence-corrected chi connectivity index (χ3v) is 0.761. The van der Waals surface area contributed by atoms with Crippen molar-refractivity contribution in [3.63, 3.8) is 0 Å².